The van der Waals surface area contributed by atoms with Crippen LogP contribution >= 0.6 is 0 Å². The first-order chi connectivity index (χ1) is 9.63. The number of nitrogens with one attached hydrogen (secondary N) is 1. The molecule has 2 aromatic rings. The molecule has 0 atom stereocenters. The van der Waals surface area contributed by atoms with Crippen LogP contribution in [0.15, 0.2) is 23.1 Å². The molecule has 0 spiro atoms. The number of furan rings is 1. The summed E-state index contributed by atoms with van der Waals surface area (Å²) in [5.41, 5.74) is 2.25. The molecule has 0 aliphatic carbocycles. The summed E-state index contributed by atoms with van der Waals surface area (Å²) in [5, 5.41) is 3.33. The molecule has 0 saturated heterocycles. The highest BCUT2D eigenvalue weighted by Gasteiger charge is 2.12. The van der Waals surface area contributed by atoms with E-state index in [1.54, 1.807) is 12.6 Å². The minimum absolute atomic E-state index is 0.771. The second-order valence-electron chi connectivity index (χ2n) is 4.96. The van der Waals surface area contributed by atoms with Crippen molar-refractivity contribution in [2.24, 2.45) is 0 Å². The van der Waals surface area contributed by atoms with Crippen LogP contribution in [0.5, 0.6) is 0 Å². The Morgan fingerprint density at radius 2 is 2.10 bits per heavy atom. The Labute approximate surface area is 120 Å². The van der Waals surface area contributed by atoms with Crippen molar-refractivity contribution in [3.63, 3.8) is 0 Å². The van der Waals surface area contributed by atoms with E-state index < -0.39 is 0 Å². The highest BCUT2D eigenvalue weighted by atomic mass is 16.3. The van der Waals surface area contributed by atoms with E-state index in [9.17, 15) is 0 Å². The number of anilines is 2. The van der Waals surface area contributed by atoms with Crippen LogP contribution in [0.3, 0.4) is 0 Å². The molecule has 1 N–H and O–H groups in total. The van der Waals surface area contributed by atoms with Gasteiger partial charge in [-0.3, -0.25) is 0 Å². The quantitative estimate of drug-likeness (QED) is 0.877. The Bertz CT molecular complexity index is 565. The summed E-state index contributed by atoms with van der Waals surface area (Å²) in [7, 11) is 2.03. The SMILES string of the molecule is CCCNc1ncnc(N(C)Cc2ccoc2C)c1C. The Morgan fingerprint density at radius 3 is 2.75 bits per heavy atom. The molecular formula is C15H22N4O. The van der Waals surface area contributed by atoms with Gasteiger partial charge in [-0.2, -0.15) is 0 Å². The summed E-state index contributed by atoms with van der Waals surface area (Å²) in [6.07, 6.45) is 4.40. The van der Waals surface area contributed by atoms with Gasteiger partial charge in [0, 0.05) is 31.3 Å². The lowest BCUT2D eigenvalue weighted by atomic mass is 10.2. The number of hydrogen-bond donors (Lipinski definition) is 1. The maximum atomic E-state index is 5.34. The lowest BCUT2D eigenvalue weighted by molar-refractivity contribution is 0.529. The minimum Gasteiger partial charge on any atom is -0.469 e. The number of aryl methyl sites for hydroxylation is 1. The van der Waals surface area contributed by atoms with Crippen LogP contribution in [-0.2, 0) is 6.54 Å². The molecule has 0 radical (unpaired) electrons. The molecular weight excluding hydrogens is 252 g/mol. The van der Waals surface area contributed by atoms with E-state index in [0.717, 1.165) is 42.5 Å². The average Bonchev–Trinajstić information content (AvgIpc) is 2.83. The first-order valence-corrected chi connectivity index (χ1v) is 6.93. The lowest BCUT2D eigenvalue weighted by Crippen LogP contribution is -2.20. The van der Waals surface area contributed by atoms with Crippen molar-refractivity contribution >= 4 is 11.6 Å². The van der Waals surface area contributed by atoms with Crippen LogP contribution in [0.25, 0.3) is 0 Å². The Balaban J connectivity index is 2.17. The molecule has 0 fully saturated rings. The Hall–Kier alpha value is -2.04. The van der Waals surface area contributed by atoms with Crippen LogP contribution < -0.4 is 10.2 Å². The molecule has 0 saturated carbocycles. The predicted octanol–water partition coefficient (Wildman–Crippen LogP) is 3.14. The molecule has 108 valence electrons. The highest BCUT2D eigenvalue weighted by molar-refractivity contribution is 5.57. The number of nitrogens with zero attached hydrogens (tertiary/aromatic N) is 3. The fourth-order valence-electron chi connectivity index (χ4n) is 2.15. The molecule has 0 unspecified atom stereocenters. The van der Waals surface area contributed by atoms with Gasteiger partial charge >= 0.3 is 0 Å². The van der Waals surface area contributed by atoms with Gasteiger partial charge in [0.25, 0.3) is 0 Å². The Kier molecular flexibility index (Phi) is 4.61. The van der Waals surface area contributed by atoms with Gasteiger partial charge in [0.05, 0.1) is 6.26 Å². The van der Waals surface area contributed by atoms with Crippen LogP contribution in [-0.4, -0.2) is 23.6 Å². The molecule has 5 nitrogen and oxygen atoms in total. The van der Waals surface area contributed by atoms with Crippen LogP contribution in [0.2, 0.25) is 0 Å². The predicted molar refractivity (Wildman–Crippen MR) is 81.1 cm³/mol. The number of rotatable bonds is 6. The lowest BCUT2D eigenvalue weighted by Gasteiger charge is -2.21. The zero-order valence-corrected chi connectivity index (χ0v) is 12.6. The third-order valence-corrected chi connectivity index (χ3v) is 3.34. The smallest absolute Gasteiger partial charge is 0.137 e. The van der Waals surface area contributed by atoms with Crippen LogP contribution in [0, 0.1) is 13.8 Å². The molecule has 2 rings (SSSR count). The molecule has 0 bridgehead atoms. The van der Waals surface area contributed by atoms with Gasteiger partial charge in [-0.15, -0.1) is 0 Å². The van der Waals surface area contributed by atoms with E-state index in [4.69, 9.17) is 4.42 Å². The molecule has 2 heterocycles. The summed E-state index contributed by atoms with van der Waals surface area (Å²) in [6, 6.07) is 2.00. The van der Waals surface area contributed by atoms with Crippen LogP contribution in [0.4, 0.5) is 11.6 Å². The van der Waals surface area contributed by atoms with E-state index in [-0.39, 0.29) is 0 Å². The molecule has 2 aromatic heterocycles. The van der Waals surface area contributed by atoms with Gasteiger partial charge in [0.15, 0.2) is 0 Å². The monoisotopic (exact) mass is 274 g/mol. The van der Waals surface area contributed by atoms with Crippen molar-refractivity contribution in [1.29, 1.82) is 0 Å². The molecule has 0 aliphatic rings. The maximum absolute atomic E-state index is 5.34. The molecule has 20 heavy (non-hydrogen) atoms. The first-order valence-electron chi connectivity index (χ1n) is 6.93. The summed E-state index contributed by atoms with van der Waals surface area (Å²) < 4.78 is 5.34. The zero-order chi connectivity index (χ0) is 14.5. The number of hydrogen-bond acceptors (Lipinski definition) is 5. The van der Waals surface area contributed by atoms with Crippen LogP contribution in [0.1, 0.15) is 30.2 Å². The molecule has 5 heteroatoms. The van der Waals surface area contributed by atoms with Crippen molar-refractivity contribution in [2.75, 3.05) is 23.8 Å². The van der Waals surface area contributed by atoms with Gasteiger partial charge in [0.2, 0.25) is 0 Å². The number of aromatic nitrogens is 2. The third kappa shape index (κ3) is 3.10. The fourth-order valence-corrected chi connectivity index (χ4v) is 2.15. The van der Waals surface area contributed by atoms with Crippen molar-refractivity contribution in [3.05, 3.63) is 35.5 Å². The van der Waals surface area contributed by atoms with Gasteiger partial charge in [-0.25, -0.2) is 9.97 Å². The van der Waals surface area contributed by atoms with Crippen molar-refractivity contribution in [3.8, 4) is 0 Å². The third-order valence-electron chi connectivity index (χ3n) is 3.34. The summed E-state index contributed by atoms with van der Waals surface area (Å²) in [5.74, 6) is 2.81. The fraction of sp³-hybridized carbons (Fsp3) is 0.467. The van der Waals surface area contributed by atoms with Gasteiger partial charge in [-0.05, 0) is 26.3 Å². The van der Waals surface area contributed by atoms with Gasteiger partial charge in [-0.1, -0.05) is 6.92 Å². The maximum Gasteiger partial charge on any atom is 0.137 e. The van der Waals surface area contributed by atoms with E-state index in [0.29, 0.717) is 0 Å². The normalized spacial score (nSPS) is 10.6. The average molecular weight is 274 g/mol. The molecule has 0 amide bonds. The molecule has 0 aromatic carbocycles. The Morgan fingerprint density at radius 1 is 1.30 bits per heavy atom. The minimum atomic E-state index is 0.771. The summed E-state index contributed by atoms with van der Waals surface area (Å²) in [4.78, 5) is 10.8. The standard InChI is InChI=1S/C15H22N4O/c1-5-7-16-14-11(2)15(18-10-17-14)19(4)9-13-6-8-20-12(13)3/h6,8,10H,5,7,9H2,1-4H3,(H,16,17,18). The largest absolute Gasteiger partial charge is 0.469 e. The molecule has 0 aliphatic heterocycles. The van der Waals surface area contributed by atoms with Gasteiger partial charge < -0.3 is 14.6 Å². The van der Waals surface area contributed by atoms with Crippen molar-refractivity contribution in [1.82, 2.24) is 9.97 Å². The second kappa shape index (κ2) is 6.41. The van der Waals surface area contributed by atoms with E-state index in [1.807, 2.05) is 27.0 Å². The van der Waals surface area contributed by atoms with E-state index in [1.165, 1.54) is 5.56 Å². The van der Waals surface area contributed by atoms with E-state index in [2.05, 4.69) is 27.1 Å². The summed E-state index contributed by atoms with van der Waals surface area (Å²) in [6.45, 7) is 7.85. The zero-order valence-electron chi connectivity index (χ0n) is 12.6. The van der Waals surface area contributed by atoms with Crippen molar-refractivity contribution in [2.45, 2.75) is 33.7 Å². The topological polar surface area (TPSA) is 54.2 Å². The second-order valence-corrected chi connectivity index (χ2v) is 4.96. The van der Waals surface area contributed by atoms with Gasteiger partial charge in [0.1, 0.15) is 23.7 Å². The van der Waals surface area contributed by atoms with E-state index >= 15 is 0 Å². The van der Waals surface area contributed by atoms with Crippen molar-refractivity contribution < 1.29 is 4.42 Å². The summed E-state index contributed by atoms with van der Waals surface area (Å²) >= 11 is 0. The first kappa shape index (κ1) is 14.4. The highest BCUT2D eigenvalue weighted by Crippen LogP contribution is 2.23.